The van der Waals surface area contributed by atoms with Crippen molar-refractivity contribution in [3.05, 3.63) is 0 Å². The molecule has 0 bridgehead atoms. The van der Waals surface area contributed by atoms with Crippen LogP contribution in [0.1, 0.15) is 48.0 Å². The van der Waals surface area contributed by atoms with E-state index in [9.17, 15) is 0 Å². The molecule has 13 heavy (non-hydrogen) atoms. The van der Waals surface area contributed by atoms with Gasteiger partial charge in [0.15, 0.2) is 0 Å². The van der Waals surface area contributed by atoms with Crippen molar-refractivity contribution in [1.29, 1.82) is 0 Å². The monoisotopic (exact) mass is 186 g/mol. The summed E-state index contributed by atoms with van der Waals surface area (Å²) >= 11 is 0. The maximum atomic E-state index is 5.62. The Labute approximate surface area is 83.3 Å². The first kappa shape index (κ1) is 12.9. The summed E-state index contributed by atoms with van der Waals surface area (Å²) in [6, 6.07) is 0. The quantitative estimate of drug-likeness (QED) is 0.706. The lowest BCUT2D eigenvalue weighted by molar-refractivity contribution is 0.241. The molecule has 3 N–H and O–H groups in total. The highest BCUT2D eigenvalue weighted by Crippen LogP contribution is 2.18. The second kappa shape index (κ2) is 4.43. The van der Waals surface area contributed by atoms with Gasteiger partial charge < -0.3 is 11.1 Å². The van der Waals surface area contributed by atoms with E-state index in [0.717, 1.165) is 13.0 Å². The highest BCUT2D eigenvalue weighted by molar-refractivity contribution is 4.86. The molecule has 0 amide bonds. The number of hydrogen-bond acceptors (Lipinski definition) is 2. The van der Waals surface area contributed by atoms with E-state index >= 15 is 0 Å². The molecule has 0 aliphatic rings. The predicted molar refractivity (Wildman–Crippen MR) is 59.8 cm³/mol. The van der Waals surface area contributed by atoms with Gasteiger partial charge in [-0.3, -0.25) is 0 Å². The van der Waals surface area contributed by atoms with Crippen molar-refractivity contribution in [1.82, 2.24) is 5.32 Å². The molecule has 2 heteroatoms. The molecular formula is C11H26N2. The van der Waals surface area contributed by atoms with E-state index < -0.39 is 0 Å². The fourth-order valence-corrected chi connectivity index (χ4v) is 2.02. The van der Waals surface area contributed by atoms with Crippen LogP contribution in [0.4, 0.5) is 0 Å². The van der Waals surface area contributed by atoms with Crippen molar-refractivity contribution in [2.75, 3.05) is 6.54 Å². The summed E-state index contributed by atoms with van der Waals surface area (Å²) in [7, 11) is 0. The van der Waals surface area contributed by atoms with Crippen LogP contribution in [-0.2, 0) is 0 Å². The van der Waals surface area contributed by atoms with Crippen LogP contribution in [0.3, 0.4) is 0 Å². The first-order valence-corrected chi connectivity index (χ1v) is 5.16. The van der Waals surface area contributed by atoms with Crippen molar-refractivity contribution in [2.24, 2.45) is 11.7 Å². The summed E-state index contributed by atoms with van der Waals surface area (Å²) in [6.07, 6.45) is 1.13. The topological polar surface area (TPSA) is 38.0 Å². The zero-order valence-corrected chi connectivity index (χ0v) is 10.1. The lowest BCUT2D eigenvalue weighted by atomic mass is 9.89. The summed E-state index contributed by atoms with van der Waals surface area (Å²) in [5.74, 6) is 0.588. The predicted octanol–water partition coefficient (Wildman–Crippen LogP) is 2.14. The van der Waals surface area contributed by atoms with Crippen LogP contribution in [0.15, 0.2) is 0 Å². The van der Waals surface area contributed by atoms with Crippen molar-refractivity contribution >= 4 is 0 Å². The van der Waals surface area contributed by atoms with Gasteiger partial charge in [-0.05, 0) is 53.5 Å². The highest BCUT2D eigenvalue weighted by atomic mass is 15.0. The first-order chi connectivity index (χ1) is 5.66. The van der Waals surface area contributed by atoms with Crippen LogP contribution in [0.2, 0.25) is 0 Å². The molecule has 0 saturated carbocycles. The molecule has 0 aliphatic heterocycles. The van der Waals surface area contributed by atoms with E-state index in [0.29, 0.717) is 5.92 Å². The van der Waals surface area contributed by atoms with Gasteiger partial charge in [-0.2, -0.15) is 0 Å². The van der Waals surface area contributed by atoms with E-state index in [4.69, 9.17) is 5.73 Å². The smallest absolute Gasteiger partial charge is 0.0133 e. The molecule has 2 nitrogen and oxygen atoms in total. The van der Waals surface area contributed by atoms with Crippen LogP contribution in [0.5, 0.6) is 0 Å². The Morgan fingerprint density at radius 2 is 1.62 bits per heavy atom. The van der Waals surface area contributed by atoms with E-state index in [1.807, 2.05) is 0 Å². The zero-order valence-electron chi connectivity index (χ0n) is 10.1. The maximum absolute atomic E-state index is 5.62. The molecule has 0 rings (SSSR count). The summed E-state index contributed by atoms with van der Waals surface area (Å²) in [6.45, 7) is 14.0. The average Bonchev–Trinajstić information content (AvgIpc) is 1.80. The van der Waals surface area contributed by atoms with Crippen molar-refractivity contribution in [3.8, 4) is 0 Å². The lowest BCUT2D eigenvalue weighted by Gasteiger charge is -2.36. The molecule has 0 fully saturated rings. The van der Waals surface area contributed by atoms with Crippen molar-refractivity contribution in [3.63, 3.8) is 0 Å². The Hall–Kier alpha value is -0.0800. The van der Waals surface area contributed by atoms with Gasteiger partial charge in [0, 0.05) is 11.1 Å². The van der Waals surface area contributed by atoms with Gasteiger partial charge >= 0.3 is 0 Å². The lowest BCUT2D eigenvalue weighted by Crippen LogP contribution is -2.51. The van der Waals surface area contributed by atoms with Crippen molar-refractivity contribution < 1.29 is 0 Å². The molecule has 0 saturated heterocycles. The highest BCUT2D eigenvalue weighted by Gasteiger charge is 2.25. The fraction of sp³-hybridized carbons (Fsp3) is 1.00. The summed E-state index contributed by atoms with van der Waals surface area (Å²) < 4.78 is 0. The Balaban J connectivity index is 4.08. The van der Waals surface area contributed by atoms with Crippen LogP contribution < -0.4 is 11.1 Å². The van der Waals surface area contributed by atoms with Crippen LogP contribution in [0.25, 0.3) is 0 Å². The third-order valence-electron chi connectivity index (χ3n) is 1.97. The molecule has 1 unspecified atom stereocenters. The molecule has 0 aromatic heterocycles. The minimum Gasteiger partial charge on any atom is -0.330 e. The number of nitrogens with one attached hydrogen (secondary N) is 1. The van der Waals surface area contributed by atoms with Crippen LogP contribution >= 0.6 is 0 Å². The molecule has 0 aliphatic carbocycles. The molecular weight excluding hydrogens is 160 g/mol. The van der Waals surface area contributed by atoms with E-state index in [1.165, 1.54) is 0 Å². The summed E-state index contributed by atoms with van der Waals surface area (Å²) in [4.78, 5) is 0. The molecule has 1 atom stereocenters. The molecule has 0 radical (unpaired) electrons. The Morgan fingerprint density at radius 3 is 1.92 bits per heavy atom. The molecule has 0 aromatic rings. The molecule has 0 spiro atoms. The standard InChI is InChI=1S/C11H26N2/c1-9(8-12)7-11(5,6)13-10(2,3)4/h9,13H,7-8,12H2,1-6H3. The van der Waals surface area contributed by atoms with Gasteiger partial charge in [0.1, 0.15) is 0 Å². The number of rotatable bonds is 4. The summed E-state index contributed by atoms with van der Waals surface area (Å²) in [5, 5.41) is 3.61. The third-order valence-corrected chi connectivity index (χ3v) is 1.97. The van der Waals surface area contributed by atoms with Gasteiger partial charge in [-0.15, -0.1) is 0 Å². The van der Waals surface area contributed by atoms with E-state index in [-0.39, 0.29) is 11.1 Å². The minimum absolute atomic E-state index is 0.178. The first-order valence-electron chi connectivity index (χ1n) is 5.16. The third kappa shape index (κ3) is 7.03. The average molecular weight is 186 g/mol. The van der Waals surface area contributed by atoms with Gasteiger partial charge in [-0.1, -0.05) is 6.92 Å². The SMILES string of the molecule is CC(CN)CC(C)(C)NC(C)(C)C. The number of hydrogen-bond donors (Lipinski definition) is 2. The second-order valence-corrected chi connectivity index (χ2v) is 5.80. The van der Waals surface area contributed by atoms with Gasteiger partial charge in [-0.25, -0.2) is 0 Å². The molecule has 0 aromatic carbocycles. The minimum atomic E-state index is 0.178. The fourth-order valence-electron chi connectivity index (χ4n) is 2.02. The van der Waals surface area contributed by atoms with Gasteiger partial charge in [0.25, 0.3) is 0 Å². The Kier molecular flexibility index (Phi) is 4.40. The Bertz CT molecular complexity index is 145. The normalized spacial score (nSPS) is 15.9. The molecule has 0 heterocycles. The zero-order chi connectivity index (χ0) is 10.7. The van der Waals surface area contributed by atoms with Crippen LogP contribution in [0, 0.1) is 5.92 Å². The number of nitrogens with two attached hydrogens (primary N) is 1. The maximum Gasteiger partial charge on any atom is 0.0133 e. The van der Waals surface area contributed by atoms with Gasteiger partial charge in [0.05, 0.1) is 0 Å². The largest absolute Gasteiger partial charge is 0.330 e. The van der Waals surface area contributed by atoms with Crippen LogP contribution in [-0.4, -0.2) is 17.6 Å². The van der Waals surface area contributed by atoms with Crippen molar-refractivity contribution in [2.45, 2.75) is 59.0 Å². The summed E-state index contributed by atoms with van der Waals surface area (Å²) in [5.41, 5.74) is 5.97. The Morgan fingerprint density at radius 1 is 1.15 bits per heavy atom. The molecule has 80 valence electrons. The van der Waals surface area contributed by atoms with E-state index in [2.05, 4.69) is 46.9 Å². The second-order valence-electron chi connectivity index (χ2n) is 5.80. The van der Waals surface area contributed by atoms with E-state index in [1.54, 1.807) is 0 Å². The van der Waals surface area contributed by atoms with Gasteiger partial charge in [0.2, 0.25) is 0 Å².